The van der Waals surface area contributed by atoms with Crippen molar-refractivity contribution in [3.8, 4) is 5.75 Å². The highest BCUT2D eigenvalue weighted by molar-refractivity contribution is 9.10. The van der Waals surface area contributed by atoms with Crippen molar-refractivity contribution in [1.29, 1.82) is 0 Å². The van der Waals surface area contributed by atoms with Crippen LogP contribution in [0.3, 0.4) is 0 Å². The lowest BCUT2D eigenvalue weighted by atomic mass is 10.1. The molecule has 0 fully saturated rings. The summed E-state index contributed by atoms with van der Waals surface area (Å²) in [5.74, 6) is 0.220. The fraction of sp³-hybridized carbons (Fsp3) is 0.136. The summed E-state index contributed by atoms with van der Waals surface area (Å²) in [7, 11) is -3.94. The maximum absolute atomic E-state index is 12.6. The van der Waals surface area contributed by atoms with E-state index in [-0.39, 0.29) is 10.6 Å². The van der Waals surface area contributed by atoms with Gasteiger partial charge in [0.05, 0.1) is 5.69 Å². The molecule has 0 atom stereocenters. The number of aryl methyl sites for hydroxylation is 2. The minimum atomic E-state index is -3.94. The van der Waals surface area contributed by atoms with E-state index in [2.05, 4.69) is 20.9 Å². The number of rotatable bonds is 5. The molecular weight excluding hydrogens is 438 g/mol. The molecule has 0 heterocycles. The molecule has 0 spiro atoms. The molecule has 3 aromatic rings. The Bertz CT molecular complexity index is 1140. The first-order valence-electron chi connectivity index (χ1n) is 8.67. The van der Waals surface area contributed by atoms with Gasteiger partial charge >= 0.3 is 10.1 Å². The summed E-state index contributed by atoms with van der Waals surface area (Å²) < 4.78 is 31.5. The van der Waals surface area contributed by atoms with Crippen LogP contribution in [0.4, 0.5) is 5.69 Å². The summed E-state index contributed by atoms with van der Waals surface area (Å²) in [4.78, 5) is 4.64. The maximum atomic E-state index is 12.6. The van der Waals surface area contributed by atoms with Crippen molar-refractivity contribution >= 4 is 38.0 Å². The highest BCUT2D eigenvalue weighted by Gasteiger charge is 2.18. The second-order valence-corrected chi connectivity index (χ2v) is 8.97. The zero-order valence-electron chi connectivity index (χ0n) is 15.8. The Morgan fingerprint density at radius 3 is 2.39 bits per heavy atom. The average molecular weight is 458 g/mol. The van der Waals surface area contributed by atoms with E-state index in [4.69, 9.17) is 4.18 Å². The molecule has 0 aliphatic rings. The SMILES string of the molecule is Cc1ccc(S(=O)(=O)Oc2ccc(Br)cc2C=Nc2cccc(C)c2C)cc1. The van der Waals surface area contributed by atoms with Gasteiger partial charge in [-0.2, -0.15) is 8.42 Å². The minimum Gasteiger partial charge on any atom is -0.378 e. The molecule has 0 bridgehead atoms. The van der Waals surface area contributed by atoms with Crippen molar-refractivity contribution in [2.75, 3.05) is 0 Å². The number of nitrogens with zero attached hydrogens (tertiary/aromatic N) is 1. The summed E-state index contributed by atoms with van der Waals surface area (Å²) >= 11 is 3.41. The molecule has 0 aromatic heterocycles. The van der Waals surface area contributed by atoms with Gasteiger partial charge in [-0.3, -0.25) is 4.99 Å². The van der Waals surface area contributed by atoms with Crippen LogP contribution in [0.1, 0.15) is 22.3 Å². The first kappa shape index (κ1) is 20.3. The molecule has 3 aromatic carbocycles. The molecule has 144 valence electrons. The standard InChI is InChI=1S/C22H20BrNO3S/c1-15-7-10-20(11-8-15)28(25,26)27-22-12-9-19(23)13-18(22)14-24-21-6-4-5-16(2)17(21)3/h4-14H,1-3H3. The Hall–Kier alpha value is -2.44. The van der Waals surface area contributed by atoms with E-state index in [1.165, 1.54) is 12.1 Å². The van der Waals surface area contributed by atoms with Gasteiger partial charge in [-0.05, 0) is 68.3 Å². The predicted octanol–water partition coefficient (Wildman–Crippen LogP) is 5.89. The first-order valence-corrected chi connectivity index (χ1v) is 10.9. The summed E-state index contributed by atoms with van der Waals surface area (Å²) in [6.07, 6.45) is 1.62. The van der Waals surface area contributed by atoms with Gasteiger partial charge in [-0.15, -0.1) is 0 Å². The second-order valence-electron chi connectivity index (χ2n) is 6.51. The summed E-state index contributed by atoms with van der Waals surface area (Å²) in [6.45, 7) is 5.92. The number of hydrogen-bond donors (Lipinski definition) is 0. The lowest BCUT2D eigenvalue weighted by Gasteiger charge is -2.10. The monoisotopic (exact) mass is 457 g/mol. The highest BCUT2D eigenvalue weighted by Crippen LogP contribution is 2.27. The van der Waals surface area contributed by atoms with E-state index in [0.29, 0.717) is 5.56 Å². The van der Waals surface area contributed by atoms with Gasteiger partial charge in [0.15, 0.2) is 5.75 Å². The van der Waals surface area contributed by atoms with Gasteiger partial charge in [-0.25, -0.2) is 0 Å². The number of hydrogen-bond acceptors (Lipinski definition) is 4. The van der Waals surface area contributed by atoms with Crippen molar-refractivity contribution < 1.29 is 12.6 Å². The van der Waals surface area contributed by atoms with E-state index < -0.39 is 10.1 Å². The topological polar surface area (TPSA) is 55.7 Å². The van der Waals surface area contributed by atoms with Gasteiger partial charge in [0.1, 0.15) is 4.90 Å². The fourth-order valence-corrected chi connectivity index (χ4v) is 3.91. The van der Waals surface area contributed by atoms with Gasteiger partial charge in [0.2, 0.25) is 0 Å². The Morgan fingerprint density at radius 2 is 1.68 bits per heavy atom. The second kappa shape index (κ2) is 8.29. The van der Waals surface area contributed by atoms with Crippen LogP contribution in [-0.4, -0.2) is 14.6 Å². The molecule has 0 saturated carbocycles. The van der Waals surface area contributed by atoms with Crippen LogP contribution in [0.25, 0.3) is 0 Å². The summed E-state index contributed by atoms with van der Waals surface area (Å²) in [5, 5.41) is 0. The molecule has 0 amide bonds. The summed E-state index contributed by atoms with van der Waals surface area (Å²) in [6, 6.07) is 17.5. The van der Waals surface area contributed by atoms with E-state index in [1.807, 2.05) is 39.0 Å². The van der Waals surface area contributed by atoms with Crippen LogP contribution < -0.4 is 4.18 Å². The van der Waals surface area contributed by atoms with Crippen molar-refractivity contribution in [3.05, 3.63) is 87.4 Å². The van der Waals surface area contributed by atoms with Crippen LogP contribution in [0.15, 0.2) is 75.0 Å². The fourth-order valence-electron chi connectivity index (χ4n) is 2.58. The molecule has 0 unspecified atom stereocenters. The Balaban J connectivity index is 1.96. The average Bonchev–Trinajstić information content (AvgIpc) is 2.65. The van der Waals surface area contributed by atoms with Gasteiger partial charge in [0.25, 0.3) is 0 Å². The van der Waals surface area contributed by atoms with E-state index in [0.717, 1.165) is 26.9 Å². The quantitative estimate of drug-likeness (QED) is 0.354. The largest absolute Gasteiger partial charge is 0.378 e. The molecule has 0 radical (unpaired) electrons. The van der Waals surface area contributed by atoms with Crippen LogP contribution in [0, 0.1) is 20.8 Å². The third kappa shape index (κ3) is 4.69. The highest BCUT2D eigenvalue weighted by atomic mass is 79.9. The molecule has 0 N–H and O–H groups in total. The maximum Gasteiger partial charge on any atom is 0.339 e. The number of benzene rings is 3. The van der Waals surface area contributed by atoms with Crippen molar-refractivity contribution in [2.24, 2.45) is 4.99 Å². The molecule has 6 heteroatoms. The molecule has 4 nitrogen and oxygen atoms in total. The smallest absolute Gasteiger partial charge is 0.339 e. The molecular formula is C22H20BrNO3S. The van der Waals surface area contributed by atoms with Crippen LogP contribution in [0.2, 0.25) is 0 Å². The van der Waals surface area contributed by atoms with Crippen molar-refractivity contribution in [1.82, 2.24) is 0 Å². The first-order chi connectivity index (χ1) is 13.3. The van der Waals surface area contributed by atoms with Gasteiger partial charge in [-0.1, -0.05) is 45.8 Å². The Morgan fingerprint density at radius 1 is 0.964 bits per heavy atom. The van der Waals surface area contributed by atoms with Crippen LogP contribution >= 0.6 is 15.9 Å². The molecule has 3 rings (SSSR count). The predicted molar refractivity (Wildman–Crippen MR) is 116 cm³/mol. The van der Waals surface area contributed by atoms with Crippen LogP contribution in [-0.2, 0) is 10.1 Å². The van der Waals surface area contributed by atoms with Crippen molar-refractivity contribution in [3.63, 3.8) is 0 Å². The molecule has 0 aliphatic carbocycles. The molecule has 28 heavy (non-hydrogen) atoms. The third-order valence-electron chi connectivity index (χ3n) is 4.40. The number of halogens is 1. The molecule has 0 aliphatic heterocycles. The van der Waals surface area contributed by atoms with Gasteiger partial charge in [0, 0.05) is 16.3 Å². The molecule has 0 saturated heterocycles. The van der Waals surface area contributed by atoms with Gasteiger partial charge < -0.3 is 4.18 Å². The van der Waals surface area contributed by atoms with Crippen molar-refractivity contribution in [2.45, 2.75) is 25.7 Å². The summed E-state index contributed by atoms with van der Waals surface area (Å²) in [5.41, 5.74) is 4.58. The van der Waals surface area contributed by atoms with Crippen LogP contribution in [0.5, 0.6) is 5.75 Å². The zero-order chi connectivity index (χ0) is 20.3. The zero-order valence-corrected chi connectivity index (χ0v) is 18.2. The minimum absolute atomic E-state index is 0.110. The normalized spacial score (nSPS) is 11.7. The lowest BCUT2D eigenvalue weighted by molar-refractivity contribution is 0.485. The van der Waals surface area contributed by atoms with E-state index >= 15 is 0 Å². The Labute approximate surface area is 174 Å². The Kier molecular flexibility index (Phi) is 6.01. The van der Waals surface area contributed by atoms with E-state index in [1.54, 1.807) is 36.5 Å². The lowest BCUT2D eigenvalue weighted by Crippen LogP contribution is -2.11. The number of aliphatic imine (C=N–C) groups is 1. The van der Waals surface area contributed by atoms with E-state index in [9.17, 15) is 8.42 Å². The third-order valence-corrected chi connectivity index (χ3v) is 6.14.